The van der Waals surface area contributed by atoms with Crippen LogP contribution in [0.25, 0.3) is 0 Å². The predicted octanol–water partition coefficient (Wildman–Crippen LogP) is 0.680. The number of nitrogens with one attached hydrogen (secondary N) is 2. The Balaban J connectivity index is 2.08. The van der Waals surface area contributed by atoms with Gasteiger partial charge in [-0.05, 0) is 25.8 Å². The van der Waals surface area contributed by atoms with Gasteiger partial charge in [-0.15, -0.1) is 0 Å². The SMILES string of the molecule is CN=C(NC)NCc1cc(C)nc(N2CCCC2)n1. The third-order valence-electron chi connectivity index (χ3n) is 3.18. The molecule has 6 nitrogen and oxygen atoms in total. The van der Waals surface area contributed by atoms with Gasteiger partial charge in [0.1, 0.15) is 0 Å². The van der Waals surface area contributed by atoms with Crippen LogP contribution in [0.15, 0.2) is 11.1 Å². The van der Waals surface area contributed by atoms with Crippen LogP contribution in [0.5, 0.6) is 0 Å². The summed E-state index contributed by atoms with van der Waals surface area (Å²) < 4.78 is 0. The fraction of sp³-hybridized carbons (Fsp3) is 0.615. The molecule has 1 fully saturated rings. The molecule has 1 aromatic rings. The van der Waals surface area contributed by atoms with E-state index in [0.29, 0.717) is 6.54 Å². The van der Waals surface area contributed by atoms with Gasteiger partial charge in [-0.25, -0.2) is 9.97 Å². The lowest BCUT2D eigenvalue weighted by molar-refractivity contribution is 0.806. The monoisotopic (exact) mass is 262 g/mol. The first kappa shape index (κ1) is 13.6. The molecular weight excluding hydrogens is 240 g/mol. The Morgan fingerprint density at radius 1 is 1.37 bits per heavy atom. The zero-order valence-corrected chi connectivity index (χ0v) is 11.9. The van der Waals surface area contributed by atoms with E-state index in [9.17, 15) is 0 Å². The van der Waals surface area contributed by atoms with Crippen LogP contribution in [0, 0.1) is 6.92 Å². The van der Waals surface area contributed by atoms with Gasteiger partial charge < -0.3 is 15.5 Å². The normalized spacial score (nSPS) is 15.7. The average molecular weight is 262 g/mol. The summed E-state index contributed by atoms with van der Waals surface area (Å²) in [7, 11) is 3.59. The summed E-state index contributed by atoms with van der Waals surface area (Å²) in [6.07, 6.45) is 2.47. The van der Waals surface area contributed by atoms with E-state index in [1.807, 2.05) is 20.0 Å². The smallest absolute Gasteiger partial charge is 0.225 e. The summed E-state index contributed by atoms with van der Waals surface area (Å²) in [5.41, 5.74) is 2.00. The molecule has 0 bridgehead atoms. The predicted molar refractivity (Wildman–Crippen MR) is 77.5 cm³/mol. The van der Waals surface area contributed by atoms with Gasteiger partial charge in [-0.3, -0.25) is 4.99 Å². The Morgan fingerprint density at radius 2 is 2.11 bits per heavy atom. The molecule has 0 aliphatic carbocycles. The van der Waals surface area contributed by atoms with Crippen LogP contribution in [0.4, 0.5) is 5.95 Å². The number of hydrogen-bond donors (Lipinski definition) is 2. The second kappa shape index (κ2) is 6.36. The largest absolute Gasteiger partial charge is 0.359 e. The Morgan fingerprint density at radius 3 is 2.74 bits per heavy atom. The molecule has 1 aliphatic rings. The Labute approximate surface area is 114 Å². The molecule has 2 heterocycles. The molecule has 0 aromatic carbocycles. The molecule has 0 radical (unpaired) electrons. The number of rotatable bonds is 3. The molecular formula is C13H22N6. The summed E-state index contributed by atoms with van der Waals surface area (Å²) in [4.78, 5) is 15.5. The van der Waals surface area contributed by atoms with Crippen molar-refractivity contribution in [3.8, 4) is 0 Å². The minimum absolute atomic E-state index is 0.651. The van der Waals surface area contributed by atoms with Crippen molar-refractivity contribution in [2.75, 3.05) is 32.1 Å². The highest BCUT2D eigenvalue weighted by atomic mass is 15.3. The van der Waals surface area contributed by atoms with Crippen LogP contribution < -0.4 is 15.5 Å². The van der Waals surface area contributed by atoms with E-state index in [1.165, 1.54) is 12.8 Å². The van der Waals surface area contributed by atoms with Gasteiger partial charge in [-0.1, -0.05) is 0 Å². The van der Waals surface area contributed by atoms with Crippen molar-refractivity contribution in [2.45, 2.75) is 26.3 Å². The van der Waals surface area contributed by atoms with E-state index < -0.39 is 0 Å². The van der Waals surface area contributed by atoms with Crippen molar-refractivity contribution in [1.82, 2.24) is 20.6 Å². The second-order valence-corrected chi connectivity index (χ2v) is 4.67. The second-order valence-electron chi connectivity index (χ2n) is 4.67. The summed E-state index contributed by atoms with van der Waals surface area (Å²) in [6.45, 7) is 4.79. The fourth-order valence-corrected chi connectivity index (χ4v) is 2.22. The van der Waals surface area contributed by atoms with Crippen molar-refractivity contribution in [3.05, 3.63) is 17.5 Å². The van der Waals surface area contributed by atoms with Crippen LogP contribution in [0.2, 0.25) is 0 Å². The number of guanidine groups is 1. The number of aliphatic imine (C=N–C) groups is 1. The first-order valence-corrected chi connectivity index (χ1v) is 6.71. The van der Waals surface area contributed by atoms with E-state index in [2.05, 4.69) is 30.5 Å². The summed E-state index contributed by atoms with van der Waals surface area (Å²) in [5, 5.41) is 6.20. The molecule has 0 amide bonds. The number of aryl methyl sites for hydroxylation is 1. The molecule has 1 saturated heterocycles. The Bertz CT molecular complexity index is 450. The molecule has 0 unspecified atom stereocenters. The highest BCUT2D eigenvalue weighted by Gasteiger charge is 2.15. The van der Waals surface area contributed by atoms with E-state index >= 15 is 0 Å². The summed E-state index contributed by atoms with van der Waals surface area (Å²) in [5.74, 6) is 1.62. The quantitative estimate of drug-likeness (QED) is 0.619. The van der Waals surface area contributed by atoms with Crippen LogP contribution in [-0.2, 0) is 6.54 Å². The number of aromatic nitrogens is 2. The number of hydrogen-bond acceptors (Lipinski definition) is 4. The first-order chi connectivity index (χ1) is 9.22. The van der Waals surface area contributed by atoms with Crippen molar-refractivity contribution >= 4 is 11.9 Å². The lowest BCUT2D eigenvalue weighted by atomic mass is 10.3. The summed E-state index contributed by atoms with van der Waals surface area (Å²) in [6, 6.07) is 2.01. The third kappa shape index (κ3) is 3.56. The molecule has 1 aliphatic heterocycles. The molecule has 0 saturated carbocycles. The minimum Gasteiger partial charge on any atom is -0.359 e. The van der Waals surface area contributed by atoms with Gasteiger partial charge in [-0.2, -0.15) is 0 Å². The standard InChI is InChI=1S/C13H22N6/c1-10-8-11(9-16-12(14-2)15-3)18-13(17-10)19-6-4-5-7-19/h8H,4-7,9H2,1-3H3,(H2,14,15,16). The van der Waals surface area contributed by atoms with Gasteiger partial charge in [0.15, 0.2) is 5.96 Å². The van der Waals surface area contributed by atoms with Crippen molar-refractivity contribution < 1.29 is 0 Å². The van der Waals surface area contributed by atoms with Gasteiger partial charge >= 0.3 is 0 Å². The molecule has 2 N–H and O–H groups in total. The van der Waals surface area contributed by atoms with Gasteiger partial charge in [0, 0.05) is 32.9 Å². The Hall–Kier alpha value is -1.85. The highest BCUT2D eigenvalue weighted by molar-refractivity contribution is 5.79. The van der Waals surface area contributed by atoms with Crippen LogP contribution in [-0.4, -0.2) is 43.1 Å². The maximum Gasteiger partial charge on any atom is 0.225 e. The highest BCUT2D eigenvalue weighted by Crippen LogP contribution is 2.16. The lowest BCUT2D eigenvalue weighted by Crippen LogP contribution is -2.34. The zero-order chi connectivity index (χ0) is 13.7. The molecule has 0 atom stereocenters. The average Bonchev–Trinajstić information content (AvgIpc) is 2.93. The molecule has 2 rings (SSSR count). The number of anilines is 1. The van der Waals surface area contributed by atoms with Crippen molar-refractivity contribution in [3.63, 3.8) is 0 Å². The fourth-order valence-electron chi connectivity index (χ4n) is 2.22. The molecule has 6 heteroatoms. The molecule has 104 valence electrons. The molecule has 0 spiro atoms. The molecule has 19 heavy (non-hydrogen) atoms. The topological polar surface area (TPSA) is 65.4 Å². The van der Waals surface area contributed by atoms with E-state index in [-0.39, 0.29) is 0 Å². The van der Waals surface area contributed by atoms with Gasteiger partial charge in [0.05, 0.1) is 12.2 Å². The van der Waals surface area contributed by atoms with E-state index in [1.54, 1.807) is 7.05 Å². The third-order valence-corrected chi connectivity index (χ3v) is 3.18. The first-order valence-electron chi connectivity index (χ1n) is 6.71. The minimum atomic E-state index is 0.651. The zero-order valence-electron chi connectivity index (χ0n) is 11.9. The Kier molecular flexibility index (Phi) is 4.54. The van der Waals surface area contributed by atoms with Gasteiger partial charge in [0.2, 0.25) is 5.95 Å². The van der Waals surface area contributed by atoms with Crippen LogP contribution in [0.1, 0.15) is 24.2 Å². The molecule has 1 aromatic heterocycles. The number of nitrogens with zero attached hydrogens (tertiary/aromatic N) is 4. The van der Waals surface area contributed by atoms with E-state index in [0.717, 1.165) is 36.4 Å². The lowest BCUT2D eigenvalue weighted by Gasteiger charge is -2.17. The maximum absolute atomic E-state index is 4.63. The summed E-state index contributed by atoms with van der Waals surface area (Å²) >= 11 is 0. The van der Waals surface area contributed by atoms with Crippen LogP contribution >= 0.6 is 0 Å². The van der Waals surface area contributed by atoms with Gasteiger partial charge in [0.25, 0.3) is 0 Å². The van der Waals surface area contributed by atoms with Crippen molar-refractivity contribution in [1.29, 1.82) is 0 Å². The van der Waals surface area contributed by atoms with Crippen molar-refractivity contribution in [2.24, 2.45) is 4.99 Å². The van der Waals surface area contributed by atoms with Crippen LogP contribution in [0.3, 0.4) is 0 Å². The maximum atomic E-state index is 4.63. The van der Waals surface area contributed by atoms with E-state index in [4.69, 9.17) is 0 Å².